The van der Waals surface area contributed by atoms with E-state index in [-0.39, 0.29) is 5.41 Å². The maximum absolute atomic E-state index is 6.06. The molecule has 0 heterocycles. The van der Waals surface area contributed by atoms with Crippen molar-refractivity contribution in [2.75, 3.05) is 5.43 Å². The van der Waals surface area contributed by atoms with Crippen LogP contribution in [0.2, 0.25) is 0 Å². The quantitative estimate of drug-likeness (QED) is 0.813. The first kappa shape index (κ1) is 17.7. The fraction of sp³-hybridized carbons (Fsp3) is 0.600. The minimum absolute atomic E-state index is 0.138. The predicted octanol–water partition coefficient (Wildman–Crippen LogP) is 3.94. The molecule has 0 amide bonds. The van der Waals surface area contributed by atoms with E-state index in [9.17, 15) is 0 Å². The highest BCUT2D eigenvalue weighted by atomic mass is 15.3. The first-order chi connectivity index (χ1) is 10.7. The van der Waals surface area contributed by atoms with Crippen LogP contribution >= 0.6 is 0 Å². The first-order valence-electron chi connectivity index (χ1n) is 8.72. The van der Waals surface area contributed by atoms with Gasteiger partial charge in [-0.2, -0.15) is 5.10 Å². The molecular formula is C20H32N3+. The van der Waals surface area contributed by atoms with Crippen LogP contribution < -0.4 is 10.8 Å². The summed E-state index contributed by atoms with van der Waals surface area (Å²) in [5.41, 5.74) is 7.99. The summed E-state index contributed by atoms with van der Waals surface area (Å²) in [4.78, 5) is 0. The predicted molar refractivity (Wildman–Crippen MR) is 100.0 cm³/mol. The van der Waals surface area contributed by atoms with Crippen molar-refractivity contribution in [3.63, 3.8) is 0 Å². The van der Waals surface area contributed by atoms with Gasteiger partial charge < -0.3 is 0 Å². The largest absolute Gasteiger partial charge is 0.278 e. The molecule has 3 N–H and O–H groups in total. The maximum atomic E-state index is 6.06. The number of nitrogens with two attached hydrogens (primary N) is 1. The van der Waals surface area contributed by atoms with Crippen molar-refractivity contribution in [3.05, 3.63) is 29.8 Å². The summed E-state index contributed by atoms with van der Waals surface area (Å²) in [7, 11) is 0. The van der Waals surface area contributed by atoms with Crippen LogP contribution in [0.4, 0.5) is 5.69 Å². The minimum atomic E-state index is 0.138. The van der Waals surface area contributed by atoms with Gasteiger partial charge in [-0.3, -0.25) is 10.8 Å². The first-order valence-corrected chi connectivity index (χ1v) is 8.72. The van der Waals surface area contributed by atoms with Gasteiger partial charge in [-0.1, -0.05) is 46.8 Å². The minimum Gasteiger partial charge on any atom is -0.278 e. The van der Waals surface area contributed by atoms with Gasteiger partial charge in [0.25, 0.3) is 0 Å². The normalized spacial score (nSPS) is 18.3. The molecule has 1 fully saturated rings. The number of benzene rings is 1. The van der Waals surface area contributed by atoms with Gasteiger partial charge in [0.1, 0.15) is 5.71 Å². The second-order valence-corrected chi connectivity index (χ2v) is 8.60. The van der Waals surface area contributed by atoms with E-state index in [2.05, 4.69) is 69.4 Å². The fourth-order valence-corrected chi connectivity index (χ4v) is 3.61. The van der Waals surface area contributed by atoms with Crippen molar-refractivity contribution in [3.8, 4) is 0 Å². The zero-order valence-corrected chi connectivity index (χ0v) is 15.4. The zero-order chi connectivity index (χ0) is 17.1. The zero-order valence-electron chi connectivity index (χ0n) is 15.4. The van der Waals surface area contributed by atoms with E-state index in [4.69, 9.17) is 5.41 Å². The average molecular weight is 314 g/mol. The van der Waals surface area contributed by atoms with Crippen molar-refractivity contribution in [2.45, 2.75) is 72.1 Å². The van der Waals surface area contributed by atoms with Crippen molar-refractivity contribution in [1.29, 1.82) is 0 Å². The van der Waals surface area contributed by atoms with Crippen LogP contribution in [0.5, 0.6) is 0 Å². The summed E-state index contributed by atoms with van der Waals surface area (Å²) in [6.07, 6.45) is 5.45. The molecule has 1 saturated carbocycles. The van der Waals surface area contributed by atoms with E-state index < -0.39 is 0 Å². The highest BCUT2D eigenvalue weighted by molar-refractivity contribution is 6.40. The third kappa shape index (κ3) is 5.19. The third-order valence-corrected chi connectivity index (χ3v) is 4.42. The second kappa shape index (κ2) is 6.86. The van der Waals surface area contributed by atoms with E-state index in [1.165, 1.54) is 18.4 Å². The summed E-state index contributed by atoms with van der Waals surface area (Å²) in [6.45, 7) is 11.5. The molecule has 1 aliphatic carbocycles. The molecule has 0 atom stereocenters. The molecule has 126 valence electrons. The van der Waals surface area contributed by atoms with Crippen LogP contribution in [0, 0.1) is 5.41 Å². The van der Waals surface area contributed by atoms with E-state index in [1.807, 2.05) is 0 Å². The summed E-state index contributed by atoms with van der Waals surface area (Å²) in [5.74, 6) is 0. The number of nitrogens with one attached hydrogen (secondary N) is 1. The molecule has 0 saturated heterocycles. The van der Waals surface area contributed by atoms with Gasteiger partial charge in [0, 0.05) is 6.42 Å². The Kier molecular flexibility index (Phi) is 5.28. The number of hydrazone groups is 1. The molecule has 1 aliphatic rings. The van der Waals surface area contributed by atoms with Crippen molar-refractivity contribution in [1.82, 2.24) is 0 Å². The topological polar surface area (TPSA) is 50.0 Å². The molecule has 3 heteroatoms. The third-order valence-electron chi connectivity index (χ3n) is 4.42. The van der Waals surface area contributed by atoms with E-state index >= 15 is 0 Å². The molecule has 0 aromatic heterocycles. The van der Waals surface area contributed by atoms with Crippen LogP contribution in [0.15, 0.2) is 29.4 Å². The van der Waals surface area contributed by atoms with Crippen LogP contribution in [0.1, 0.15) is 72.3 Å². The number of hydrogen-bond donors (Lipinski definition) is 2. The van der Waals surface area contributed by atoms with Crippen molar-refractivity contribution in [2.24, 2.45) is 10.5 Å². The molecular weight excluding hydrogens is 282 g/mol. The smallest absolute Gasteiger partial charge is 0.196 e. The highest BCUT2D eigenvalue weighted by Crippen LogP contribution is 2.36. The molecule has 23 heavy (non-hydrogen) atoms. The van der Waals surface area contributed by atoms with Gasteiger partial charge in [-0.15, -0.1) is 0 Å². The van der Waals surface area contributed by atoms with Gasteiger partial charge >= 0.3 is 0 Å². The monoisotopic (exact) mass is 314 g/mol. The molecule has 1 aromatic carbocycles. The van der Waals surface area contributed by atoms with Gasteiger partial charge in [0.05, 0.1) is 5.69 Å². The molecule has 0 bridgehead atoms. The lowest BCUT2D eigenvalue weighted by molar-refractivity contribution is -0.113. The molecule has 0 radical (unpaired) electrons. The SMILES string of the molecule is CC(C)(C)CC(C)(C)c1cccc(N/N=C2/CCCCC2=[NH2+])c1. The average Bonchev–Trinajstić information content (AvgIpc) is 2.44. The Labute approximate surface area is 141 Å². The van der Waals surface area contributed by atoms with Crippen LogP contribution in [0.3, 0.4) is 0 Å². The molecule has 1 aromatic rings. The van der Waals surface area contributed by atoms with E-state index in [0.29, 0.717) is 5.41 Å². The van der Waals surface area contributed by atoms with Crippen LogP contribution in [-0.2, 0) is 5.41 Å². The molecule has 2 rings (SSSR count). The summed E-state index contributed by atoms with van der Waals surface area (Å²) < 4.78 is 0. The standard InChI is InChI=1S/C20H31N3/c1-19(2,3)14-20(4,5)15-9-8-10-16(13-15)22-23-18-12-7-6-11-17(18)21/h8-10,13,21-22H,6-7,11-12,14H2,1-5H3/p+1/b21-17?,23-18-. The lowest BCUT2D eigenvalue weighted by Gasteiger charge is -2.33. The van der Waals surface area contributed by atoms with Gasteiger partial charge in [0.15, 0.2) is 5.71 Å². The number of nitrogens with zero attached hydrogens (tertiary/aromatic N) is 1. The number of rotatable bonds is 4. The Bertz CT molecular complexity index is 591. The Balaban J connectivity index is 2.13. The lowest BCUT2D eigenvalue weighted by atomic mass is 9.72. The van der Waals surface area contributed by atoms with Crippen molar-refractivity contribution < 1.29 is 5.41 Å². The molecule has 0 aliphatic heterocycles. The lowest BCUT2D eigenvalue weighted by Crippen LogP contribution is -2.46. The second-order valence-electron chi connectivity index (χ2n) is 8.60. The summed E-state index contributed by atoms with van der Waals surface area (Å²) in [6, 6.07) is 8.61. The summed E-state index contributed by atoms with van der Waals surface area (Å²) in [5, 5.41) is 10.6. The number of anilines is 1. The van der Waals surface area contributed by atoms with E-state index in [0.717, 1.165) is 36.4 Å². The number of hydrogen-bond acceptors (Lipinski definition) is 2. The van der Waals surface area contributed by atoms with Crippen LogP contribution in [0.25, 0.3) is 0 Å². The Hall–Kier alpha value is -1.64. The van der Waals surface area contributed by atoms with Crippen LogP contribution in [-0.4, -0.2) is 11.4 Å². The van der Waals surface area contributed by atoms with Gasteiger partial charge in [-0.25, -0.2) is 0 Å². The fourth-order valence-electron chi connectivity index (χ4n) is 3.61. The van der Waals surface area contributed by atoms with Crippen molar-refractivity contribution >= 4 is 17.1 Å². The maximum Gasteiger partial charge on any atom is 0.196 e. The molecule has 0 spiro atoms. The highest BCUT2D eigenvalue weighted by Gasteiger charge is 2.27. The molecule has 3 nitrogen and oxygen atoms in total. The molecule has 0 unspecified atom stereocenters. The van der Waals surface area contributed by atoms with E-state index in [1.54, 1.807) is 0 Å². The van der Waals surface area contributed by atoms with Gasteiger partial charge in [0.2, 0.25) is 0 Å². The Morgan fingerprint density at radius 1 is 1.09 bits per heavy atom. The Morgan fingerprint density at radius 2 is 1.78 bits per heavy atom. The summed E-state index contributed by atoms with van der Waals surface area (Å²) >= 11 is 0. The Morgan fingerprint density at radius 3 is 2.43 bits per heavy atom. The van der Waals surface area contributed by atoms with Gasteiger partial charge in [-0.05, 0) is 54.2 Å².